The van der Waals surface area contributed by atoms with Crippen molar-refractivity contribution in [3.8, 4) is 16.9 Å². The highest BCUT2D eigenvalue weighted by Crippen LogP contribution is 2.54. The fourth-order valence-electron chi connectivity index (χ4n) is 4.69. The molecular formula is C27H22O. The molecule has 0 bridgehead atoms. The van der Waals surface area contributed by atoms with Crippen LogP contribution in [0.1, 0.15) is 27.8 Å². The Kier molecular flexibility index (Phi) is 3.84. The van der Waals surface area contributed by atoms with E-state index in [4.69, 9.17) is 0 Å². The van der Waals surface area contributed by atoms with Crippen molar-refractivity contribution in [2.24, 2.45) is 0 Å². The molecule has 5 rings (SSSR count). The van der Waals surface area contributed by atoms with Gasteiger partial charge in [0, 0.05) is 0 Å². The second-order valence-electron chi connectivity index (χ2n) is 7.71. The van der Waals surface area contributed by atoms with Gasteiger partial charge in [0.15, 0.2) is 0 Å². The molecule has 1 heteroatoms. The van der Waals surface area contributed by atoms with Crippen molar-refractivity contribution >= 4 is 0 Å². The van der Waals surface area contributed by atoms with E-state index in [0.717, 1.165) is 6.42 Å². The van der Waals surface area contributed by atoms with E-state index in [1.54, 1.807) is 12.1 Å². The van der Waals surface area contributed by atoms with Crippen LogP contribution in [0.4, 0.5) is 0 Å². The molecule has 0 saturated heterocycles. The highest BCUT2D eigenvalue weighted by molar-refractivity contribution is 5.83. The van der Waals surface area contributed by atoms with Crippen LogP contribution in [0.2, 0.25) is 0 Å². The molecule has 0 amide bonds. The average molecular weight is 362 g/mol. The lowest BCUT2D eigenvalue weighted by Gasteiger charge is -2.33. The number of hydrogen-bond donors (Lipinski definition) is 1. The normalized spacial score (nSPS) is 13.8. The van der Waals surface area contributed by atoms with Crippen LogP contribution in [-0.4, -0.2) is 5.11 Å². The van der Waals surface area contributed by atoms with Crippen LogP contribution in [0.5, 0.6) is 5.75 Å². The van der Waals surface area contributed by atoms with E-state index in [1.165, 1.54) is 38.9 Å². The van der Waals surface area contributed by atoms with Crippen LogP contribution in [0.15, 0.2) is 97.1 Å². The molecule has 4 aromatic rings. The number of hydrogen-bond acceptors (Lipinski definition) is 1. The van der Waals surface area contributed by atoms with Crippen LogP contribution in [0.3, 0.4) is 0 Å². The first kappa shape index (κ1) is 16.8. The molecule has 0 heterocycles. The van der Waals surface area contributed by atoms with Gasteiger partial charge in [-0.05, 0) is 58.9 Å². The topological polar surface area (TPSA) is 20.2 Å². The van der Waals surface area contributed by atoms with Crippen LogP contribution >= 0.6 is 0 Å². The van der Waals surface area contributed by atoms with Gasteiger partial charge < -0.3 is 5.11 Å². The molecule has 0 unspecified atom stereocenters. The quantitative estimate of drug-likeness (QED) is 0.456. The van der Waals surface area contributed by atoms with E-state index in [9.17, 15) is 5.11 Å². The molecule has 4 aromatic carbocycles. The minimum Gasteiger partial charge on any atom is -0.508 e. The summed E-state index contributed by atoms with van der Waals surface area (Å²) < 4.78 is 0. The van der Waals surface area contributed by atoms with Gasteiger partial charge in [0.05, 0.1) is 5.41 Å². The van der Waals surface area contributed by atoms with Crippen molar-refractivity contribution in [1.29, 1.82) is 0 Å². The molecule has 0 spiro atoms. The Hall–Kier alpha value is -3.32. The Bertz CT molecular complexity index is 1090. The third-order valence-corrected chi connectivity index (χ3v) is 6.01. The first-order valence-corrected chi connectivity index (χ1v) is 9.73. The summed E-state index contributed by atoms with van der Waals surface area (Å²) in [6.45, 7) is 2.12. The summed E-state index contributed by atoms with van der Waals surface area (Å²) in [7, 11) is 0. The van der Waals surface area contributed by atoms with Crippen molar-refractivity contribution in [1.82, 2.24) is 0 Å². The van der Waals surface area contributed by atoms with E-state index in [-0.39, 0.29) is 5.41 Å². The molecule has 1 nitrogen and oxygen atoms in total. The van der Waals surface area contributed by atoms with Gasteiger partial charge in [0.1, 0.15) is 5.75 Å². The van der Waals surface area contributed by atoms with Gasteiger partial charge in [-0.25, -0.2) is 0 Å². The Balaban J connectivity index is 1.82. The lowest BCUT2D eigenvalue weighted by atomic mass is 9.68. The minimum absolute atomic E-state index is 0.268. The van der Waals surface area contributed by atoms with Gasteiger partial charge in [0.2, 0.25) is 0 Å². The van der Waals surface area contributed by atoms with E-state index in [0.29, 0.717) is 5.75 Å². The van der Waals surface area contributed by atoms with Crippen molar-refractivity contribution in [2.45, 2.75) is 18.8 Å². The van der Waals surface area contributed by atoms with Crippen molar-refractivity contribution in [3.63, 3.8) is 0 Å². The zero-order valence-corrected chi connectivity index (χ0v) is 15.9. The zero-order valence-electron chi connectivity index (χ0n) is 15.9. The first-order chi connectivity index (χ1) is 13.7. The molecule has 0 saturated carbocycles. The van der Waals surface area contributed by atoms with Gasteiger partial charge in [-0.3, -0.25) is 0 Å². The molecule has 1 aliphatic carbocycles. The summed E-state index contributed by atoms with van der Waals surface area (Å²) in [4.78, 5) is 0. The standard InChI is InChI=1S/C27H22O/c1-19-10-12-20(13-11-19)18-27(21-14-16-22(28)17-15-21)25-8-4-2-6-23(25)24-7-3-5-9-26(24)27/h2-17,28H,18H2,1H3. The number of phenolic OH excluding ortho intramolecular Hbond substituents is 1. The molecule has 0 radical (unpaired) electrons. The maximum Gasteiger partial charge on any atom is 0.115 e. The van der Waals surface area contributed by atoms with Crippen molar-refractivity contribution < 1.29 is 5.11 Å². The van der Waals surface area contributed by atoms with Crippen molar-refractivity contribution in [3.05, 3.63) is 125 Å². The maximum absolute atomic E-state index is 9.89. The Morgan fingerprint density at radius 3 is 1.75 bits per heavy atom. The fraction of sp³-hybridized carbons (Fsp3) is 0.111. The second kappa shape index (κ2) is 6.38. The number of fused-ring (bicyclic) bond motifs is 3. The molecular weight excluding hydrogens is 340 g/mol. The second-order valence-corrected chi connectivity index (χ2v) is 7.71. The summed E-state index contributed by atoms with van der Waals surface area (Å²) in [5, 5.41) is 9.89. The van der Waals surface area contributed by atoms with Crippen LogP contribution in [-0.2, 0) is 11.8 Å². The molecule has 0 aromatic heterocycles. The largest absolute Gasteiger partial charge is 0.508 e. The third kappa shape index (κ3) is 2.47. The Labute approximate surface area is 165 Å². The molecule has 28 heavy (non-hydrogen) atoms. The van der Waals surface area contributed by atoms with E-state index in [2.05, 4.69) is 91.9 Å². The van der Waals surface area contributed by atoms with Gasteiger partial charge in [0.25, 0.3) is 0 Å². The lowest BCUT2D eigenvalue weighted by molar-refractivity contribution is 0.474. The van der Waals surface area contributed by atoms with E-state index in [1.807, 2.05) is 0 Å². The van der Waals surface area contributed by atoms with Gasteiger partial charge in [-0.1, -0.05) is 90.5 Å². The number of benzene rings is 4. The van der Waals surface area contributed by atoms with E-state index >= 15 is 0 Å². The number of phenols is 1. The SMILES string of the molecule is Cc1ccc(CC2(c3ccc(O)cc3)c3ccccc3-c3ccccc32)cc1. The zero-order chi connectivity index (χ0) is 19.1. The molecule has 0 fully saturated rings. The maximum atomic E-state index is 9.89. The summed E-state index contributed by atoms with van der Waals surface area (Å²) >= 11 is 0. The molecule has 1 aliphatic rings. The van der Waals surface area contributed by atoms with Crippen LogP contribution in [0.25, 0.3) is 11.1 Å². The number of aryl methyl sites for hydroxylation is 1. The Morgan fingerprint density at radius 2 is 1.18 bits per heavy atom. The minimum atomic E-state index is -0.268. The summed E-state index contributed by atoms with van der Waals surface area (Å²) in [5.74, 6) is 0.300. The smallest absolute Gasteiger partial charge is 0.115 e. The predicted octanol–water partition coefficient (Wildman–Crippen LogP) is 6.26. The predicted molar refractivity (Wildman–Crippen MR) is 115 cm³/mol. The third-order valence-electron chi connectivity index (χ3n) is 6.01. The molecule has 0 aliphatic heterocycles. The molecule has 136 valence electrons. The summed E-state index contributed by atoms with van der Waals surface area (Å²) in [6, 6.07) is 34.1. The first-order valence-electron chi connectivity index (χ1n) is 9.73. The number of rotatable bonds is 3. The van der Waals surface area contributed by atoms with Crippen molar-refractivity contribution in [2.75, 3.05) is 0 Å². The molecule has 1 N–H and O–H groups in total. The highest BCUT2D eigenvalue weighted by Gasteiger charge is 2.44. The number of aromatic hydroxyl groups is 1. The highest BCUT2D eigenvalue weighted by atomic mass is 16.3. The van der Waals surface area contributed by atoms with Gasteiger partial charge >= 0.3 is 0 Å². The van der Waals surface area contributed by atoms with Gasteiger partial charge in [-0.2, -0.15) is 0 Å². The monoisotopic (exact) mass is 362 g/mol. The summed E-state index contributed by atoms with van der Waals surface area (Å²) in [6.07, 6.45) is 0.881. The van der Waals surface area contributed by atoms with E-state index < -0.39 is 0 Å². The Morgan fingerprint density at radius 1 is 0.643 bits per heavy atom. The van der Waals surface area contributed by atoms with Gasteiger partial charge in [-0.15, -0.1) is 0 Å². The van der Waals surface area contributed by atoms with Crippen LogP contribution in [0, 0.1) is 6.92 Å². The average Bonchev–Trinajstić information content (AvgIpc) is 3.02. The summed E-state index contributed by atoms with van der Waals surface area (Å²) in [5.41, 5.74) is 8.81. The van der Waals surface area contributed by atoms with Crippen LogP contribution < -0.4 is 0 Å². The fourth-order valence-corrected chi connectivity index (χ4v) is 4.69. The molecule has 0 atom stereocenters. The lowest BCUT2D eigenvalue weighted by Crippen LogP contribution is -2.29.